The monoisotopic (exact) mass is 491 g/mol. The van der Waals surface area contributed by atoms with Gasteiger partial charge in [0.1, 0.15) is 11.6 Å². The zero-order valence-corrected chi connectivity index (χ0v) is 20.5. The lowest BCUT2D eigenvalue weighted by molar-refractivity contribution is 0.0656. The normalized spacial score (nSPS) is 12.0. The highest BCUT2D eigenvalue weighted by atomic mass is 35.5. The quantitative estimate of drug-likeness (QED) is 0.280. The molecule has 0 bridgehead atoms. The number of halogens is 2. The van der Waals surface area contributed by atoms with Crippen molar-refractivity contribution in [3.63, 3.8) is 0 Å². The van der Waals surface area contributed by atoms with Crippen LogP contribution >= 0.6 is 11.6 Å². The van der Waals surface area contributed by atoms with E-state index in [2.05, 4.69) is 6.92 Å². The van der Waals surface area contributed by atoms with Crippen LogP contribution in [0.1, 0.15) is 55.3 Å². The molecule has 5 nitrogen and oxygen atoms in total. The first-order valence-corrected chi connectivity index (χ1v) is 12.2. The van der Waals surface area contributed by atoms with Gasteiger partial charge < -0.3 is 4.90 Å². The van der Waals surface area contributed by atoms with Crippen LogP contribution < -0.4 is 5.56 Å². The lowest BCUT2D eigenvalue weighted by atomic mass is 10.1. The first-order valence-electron chi connectivity index (χ1n) is 11.8. The second-order valence-electron chi connectivity index (χ2n) is 8.39. The summed E-state index contributed by atoms with van der Waals surface area (Å²) in [6, 6.07) is 19.3. The molecule has 1 heterocycles. The molecule has 1 atom stereocenters. The molecular weight excluding hydrogens is 465 g/mol. The Labute approximate surface area is 208 Å². The highest BCUT2D eigenvalue weighted by Gasteiger charge is 2.29. The summed E-state index contributed by atoms with van der Waals surface area (Å²) in [5.41, 5.74) is 1.31. The predicted molar refractivity (Wildman–Crippen MR) is 138 cm³/mol. The van der Waals surface area contributed by atoms with Gasteiger partial charge in [-0.15, -0.1) is 0 Å². The van der Waals surface area contributed by atoms with Gasteiger partial charge in [-0.25, -0.2) is 9.37 Å². The standard InChI is InChI=1S/C28H27ClFN3O2/c1-3-5-17-32(27(34)19-13-15-21(30)16-14-19)25(4-2)26-31-24-12-7-6-11-23(24)28(35)33(26)22-10-8-9-20(29)18-22/h6-16,18,25H,3-5,17H2,1-2H3. The maximum absolute atomic E-state index is 13.7. The number of nitrogens with zero attached hydrogens (tertiary/aromatic N) is 3. The van der Waals surface area contributed by atoms with E-state index in [9.17, 15) is 14.0 Å². The largest absolute Gasteiger partial charge is 0.328 e. The van der Waals surface area contributed by atoms with Crippen LogP contribution in [-0.4, -0.2) is 26.9 Å². The van der Waals surface area contributed by atoms with Crippen LogP contribution in [0, 0.1) is 5.82 Å². The van der Waals surface area contributed by atoms with E-state index in [0.29, 0.717) is 46.0 Å². The second kappa shape index (κ2) is 10.8. The number of aromatic nitrogens is 2. The molecule has 0 radical (unpaired) electrons. The SMILES string of the molecule is CCCCN(C(=O)c1ccc(F)cc1)C(CC)c1nc2ccccc2c(=O)n1-c1cccc(Cl)c1. The Morgan fingerprint density at radius 1 is 1.06 bits per heavy atom. The van der Waals surface area contributed by atoms with Gasteiger partial charge in [0, 0.05) is 17.1 Å². The molecule has 4 aromatic rings. The van der Waals surface area contributed by atoms with Crippen molar-refractivity contribution in [2.45, 2.75) is 39.2 Å². The minimum atomic E-state index is -0.490. The van der Waals surface area contributed by atoms with Gasteiger partial charge in [-0.2, -0.15) is 0 Å². The number of amides is 1. The van der Waals surface area contributed by atoms with E-state index in [1.165, 1.54) is 24.3 Å². The third-order valence-corrected chi connectivity index (χ3v) is 6.27. The predicted octanol–water partition coefficient (Wildman–Crippen LogP) is 6.57. The van der Waals surface area contributed by atoms with Crippen molar-refractivity contribution in [1.82, 2.24) is 14.5 Å². The van der Waals surface area contributed by atoms with Crippen molar-refractivity contribution in [2.24, 2.45) is 0 Å². The molecule has 0 aliphatic rings. The minimum Gasteiger partial charge on any atom is -0.328 e. The second-order valence-corrected chi connectivity index (χ2v) is 8.83. The molecule has 35 heavy (non-hydrogen) atoms. The van der Waals surface area contributed by atoms with E-state index in [1.54, 1.807) is 51.9 Å². The molecule has 1 amide bonds. The average Bonchev–Trinajstić information content (AvgIpc) is 2.86. The van der Waals surface area contributed by atoms with Crippen LogP contribution in [0.15, 0.2) is 77.6 Å². The Balaban J connectivity index is 1.94. The van der Waals surface area contributed by atoms with E-state index in [4.69, 9.17) is 16.6 Å². The van der Waals surface area contributed by atoms with Crippen molar-refractivity contribution in [2.75, 3.05) is 6.54 Å². The number of hydrogen-bond donors (Lipinski definition) is 0. The fraction of sp³-hybridized carbons (Fsp3) is 0.250. The number of para-hydroxylation sites is 1. The summed E-state index contributed by atoms with van der Waals surface area (Å²) in [6.07, 6.45) is 2.19. The number of fused-ring (bicyclic) bond motifs is 1. The first-order chi connectivity index (χ1) is 16.9. The van der Waals surface area contributed by atoms with Gasteiger partial charge in [0.25, 0.3) is 11.5 Å². The summed E-state index contributed by atoms with van der Waals surface area (Å²) in [6.45, 7) is 4.49. The molecule has 0 N–H and O–H groups in total. The van der Waals surface area contributed by atoms with Gasteiger partial charge in [-0.1, -0.05) is 50.1 Å². The highest BCUT2D eigenvalue weighted by Crippen LogP contribution is 2.28. The summed E-state index contributed by atoms with van der Waals surface area (Å²) >= 11 is 6.27. The van der Waals surface area contributed by atoms with Gasteiger partial charge in [0.15, 0.2) is 0 Å². The molecule has 0 aliphatic carbocycles. The number of carbonyl (C=O) groups is 1. The Kier molecular flexibility index (Phi) is 7.61. The number of unbranched alkanes of at least 4 members (excludes halogenated alkanes) is 1. The van der Waals surface area contributed by atoms with Crippen LogP contribution in [0.4, 0.5) is 4.39 Å². The molecular formula is C28H27ClFN3O2. The Hall–Kier alpha value is -3.51. The average molecular weight is 492 g/mol. The van der Waals surface area contributed by atoms with Crippen molar-refractivity contribution in [3.05, 3.63) is 105 Å². The molecule has 180 valence electrons. The van der Waals surface area contributed by atoms with E-state index in [0.717, 1.165) is 12.8 Å². The summed E-state index contributed by atoms with van der Waals surface area (Å²) in [5, 5.41) is 0.975. The Morgan fingerprint density at radius 3 is 2.49 bits per heavy atom. The van der Waals surface area contributed by atoms with E-state index in [-0.39, 0.29) is 11.5 Å². The maximum Gasteiger partial charge on any atom is 0.266 e. The number of benzene rings is 3. The summed E-state index contributed by atoms with van der Waals surface area (Å²) in [7, 11) is 0. The molecule has 0 fully saturated rings. The fourth-order valence-electron chi connectivity index (χ4n) is 4.27. The molecule has 0 spiro atoms. The maximum atomic E-state index is 13.7. The molecule has 1 unspecified atom stereocenters. The summed E-state index contributed by atoms with van der Waals surface area (Å²) < 4.78 is 15.1. The molecule has 0 aliphatic heterocycles. The molecule has 3 aromatic carbocycles. The fourth-order valence-corrected chi connectivity index (χ4v) is 4.45. The Morgan fingerprint density at radius 2 is 1.80 bits per heavy atom. The third kappa shape index (κ3) is 5.13. The van der Waals surface area contributed by atoms with Crippen LogP contribution in [0.2, 0.25) is 5.02 Å². The first kappa shape index (κ1) is 24.6. The van der Waals surface area contributed by atoms with Crippen LogP contribution in [0.25, 0.3) is 16.6 Å². The van der Waals surface area contributed by atoms with E-state index < -0.39 is 11.9 Å². The van der Waals surface area contributed by atoms with E-state index >= 15 is 0 Å². The van der Waals surface area contributed by atoms with Crippen LogP contribution in [0.5, 0.6) is 0 Å². The van der Waals surface area contributed by atoms with Crippen molar-refractivity contribution >= 4 is 28.4 Å². The van der Waals surface area contributed by atoms with Gasteiger partial charge in [-0.05, 0) is 67.4 Å². The lowest BCUT2D eigenvalue weighted by Gasteiger charge is -2.32. The van der Waals surface area contributed by atoms with Gasteiger partial charge >= 0.3 is 0 Å². The molecule has 4 rings (SSSR count). The number of carbonyl (C=O) groups excluding carboxylic acids is 1. The smallest absolute Gasteiger partial charge is 0.266 e. The van der Waals surface area contributed by atoms with Crippen molar-refractivity contribution in [3.8, 4) is 5.69 Å². The van der Waals surface area contributed by atoms with Crippen LogP contribution in [0.3, 0.4) is 0 Å². The molecule has 1 aromatic heterocycles. The van der Waals surface area contributed by atoms with Crippen molar-refractivity contribution < 1.29 is 9.18 Å². The molecule has 0 saturated heterocycles. The number of rotatable bonds is 8. The van der Waals surface area contributed by atoms with Gasteiger partial charge in [0.2, 0.25) is 0 Å². The highest BCUT2D eigenvalue weighted by molar-refractivity contribution is 6.30. The van der Waals surface area contributed by atoms with E-state index in [1.807, 2.05) is 13.0 Å². The lowest BCUT2D eigenvalue weighted by Crippen LogP contribution is -2.39. The van der Waals surface area contributed by atoms with Crippen LogP contribution in [-0.2, 0) is 0 Å². The van der Waals surface area contributed by atoms with Gasteiger partial charge in [0.05, 0.1) is 22.6 Å². The summed E-state index contributed by atoms with van der Waals surface area (Å²) in [5.74, 6) is -0.171. The van der Waals surface area contributed by atoms with Crippen molar-refractivity contribution in [1.29, 1.82) is 0 Å². The molecule has 7 heteroatoms. The van der Waals surface area contributed by atoms with Gasteiger partial charge in [-0.3, -0.25) is 14.2 Å². The summed E-state index contributed by atoms with van der Waals surface area (Å²) in [4.78, 5) is 34.0. The Bertz CT molecular complexity index is 1400. The minimum absolute atomic E-state index is 0.226. The topological polar surface area (TPSA) is 55.2 Å². The molecule has 0 saturated carbocycles. The zero-order valence-electron chi connectivity index (χ0n) is 19.7. The zero-order chi connectivity index (χ0) is 24.9. The third-order valence-electron chi connectivity index (χ3n) is 6.03. The number of hydrogen-bond acceptors (Lipinski definition) is 3.